The number of nitrogens with one attached hydrogen (secondary N) is 1. The number of carbonyl (C=O) groups excluding carboxylic acids is 1. The van der Waals surface area contributed by atoms with Crippen molar-refractivity contribution >= 4 is 11.6 Å². The van der Waals surface area contributed by atoms with Crippen LogP contribution in [0, 0.1) is 13.8 Å². The lowest BCUT2D eigenvalue weighted by molar-refractivity contribution is 0.102. The molecule has 0 fully saturated rings. The smallest absolute Gasteiger partial charge is 0.255 e. The van der Waals surface area contributed by atoms with Gasteiger partial charge < -0.3 is 10.1 Å². The molecule has 1 amide bonds. The summed E-state index contributed by atoms with van der Waals surface area (Å²) in [6.07, 6.45) is 0. The monoisotopic (exact) mass is 365 g/mol. The number of hydrogen-bond acceptors (Lipinski definition) is 5. The van der Waals surface area contributed by atoms with Crippen molar-refractivity contribution in [2.24, 2.45) is 0 Å². The second kappa shape index (κ2) is 7.99. The molecule has 3 rings (SSSR count). The largest absolute Gasteiger partial charge is 0.486 e. The first-order valence-electron chi connectivity index (χ1n) is 8.82. The van der Waals surface area contributed by atoms with E-state index >= 15 is 0 Å². The first-order chi connectivity index (χ1) is 12.9. The maximum absolute atomic E-state index is 12.4. The van der Waals surface area contributed by atoms with Gasteiger partial charge in [-0.2, -0.15) is 0 Å². The summed E-state index contributed by atoms with van der Waals surface area (Å²) in [7, 11) is 0. The Kier molecular flexibility index (Phi) is 5.49. The number of benzene rings is 2. The second-order valence-electron chi connectivity index (χ2n) is 6.70. The van der Waals surface area contributed by atoms with E-state index in [2.05, 4.69) is 20.8 Å². The summed E-state index contributed by atoms with van der Waals surface area (Å²) in [6.45, 7) is 8.33. The van der Waals surface area contributed by atoms with E-state index in [0.717, 1.165) is 11.3 Å². The van der Waals surface area contributed by atoms with Crippen LogP contribution in [0.1, 0.15) is 47.2 Å². The van der Waals surface area contributed by atoms with Gasteiger partial charge in [0.05, 0.1) is 6.04 Å². The Balaban J connectivity index is 1.61. The molecule has 0 bridgehead atoms. The van der Waals surface area contributed by atoms with Crippen LogP contribution in [0.15, 0.2) is 42.5 Å². The summed E-state index contributed by atoms with van der Waals surface area (Å²) in [4.78, 5) is 12.4. The van der Waals surface area contributed by atoms with Crippen molar-refractivity contribution in [3.05, 3.63) is 65.0 Å². The highest BCUT2D eigenvalue weighted by Crippen LogP contribution is 2.18. The molecule has 0 saturated heterocycles. The van der Waals surface area contributed by atoms with Gasteiger partial charge in [0.25, 0.3) is 5.91 Å². The van der Waals surface area contributed by atoms with Gasteiger partial charge in [-0.15, -0.1) is 5.10 Å². The molecule has 0 aliphatic carbocycles. The van der Waals surface area contributed by atoms with Gasteiger partial charge in [-0.1, -0.05) is 6.07 Å². The van der Waals surface area contributed by atoms with E-state index in [0.29, 0.717) is 17.1 Å². The Morgan fingerprint density at radius 3 is 2.52 bits per heavy atom. The van der Waals surface area contributed by atoms with Crippen LogP contribution in [-0.4, -0.2) is 26.1 Å². The predicted octanol–water partition coefficient (Wildman–Crippen LogP) is 3.70. The minimum Gasteiger partial charge on any atom is -0.486 e. The van der Waals surface area contributed by atoms with Crippen LogP contribution >= 0.6 is 0 Å². The summed E-state index contributed by atoms with van der Waals surface area (Å²) in [6, 6.07) is 13.0. The maximum Gasteiger partial charge on any atom is 0.255 e. The number of anilines is 1. The molecule has 0 aliphatic rings. The summed E-state index contributed by atoms with van der Waals surface area (Å²) in [5.74, 6) is 1.14. The average Bonchev–Trinajstić information content (AvgIpc) is 3.12. The van der Waals surface area contributed by atoms with Crippen molar-refractivity contribution in [3.63, 3.8) is 0 Å². The minimum absolute atomic E-state index is 0.159. The van der Waals surface area contributed by atoms with E-state index in [1.165, 1.54) is 5.56 Å². The van der Waals surface area contributed by atoms with Gasteiger partial charge in [0, 0.05) is 11.3 Å². The van der Waals surface area contributed by atoms with Gasteiger partial charge in [0.15, 0.2) is 5.82 Å². The number of ether oxygens (including phenoxy) is 1. The van der Waals surface area contributed by atoms with Gasteiger partial charge in [-0.05, 0) is 85.6 Å². The van der Waals surface area contributed by atoms with Crippen molar-refractivity contribution < 1.29 is 9.53 Å². The highest BCUT2D eigenvalue weighted by molar-refractivity contribution is 6.04. The average molecular weight is 365 g/mol. The molecule has 0 radical (unpaired) electrons. The summed E-state index contributed by atoms with van der Waals surface area (Å²) in [5, 5.41) is 14.5. The molecule has 0 atom stereocenters. The first kappa shape index (κ1) is 18.6. The third-order valence-corrected chi connectivity index (χ3v) is 4.30. The normalized spacial score (nSPS) is 10.9. The second-order valence-corrected chi connectivity index (χ2v) is 6.70. The van der Waals surface area contributed by atoms with Gasteiger partial charge in [0.2, 0.25) is 0 Å². The summed E-state index contributed by atoms with van der Waals surface area (Å²) >= 11 is 0. The molecule has 0 spiro atoms. The zero-order valence-electron chi connectivity index (χ0n) is 15.9. The van der Waals surface area contributed by atoms with E-state index in [-0.39, 0.29) is 18.6 Å². The van der Waals surface area contributed by atoms with Crippen LogP contribution in [-0.2, 0) is 6.61 Å². The zero-order valence-corrected chi connectivity index (χ0v) is 15.9. The number of hydrogen-bond donors (Lipinski definition) is 1. The lowest BCUT2D eigenvalue weighted by Gasteiger charge is -2.10. The number of nitrogens with zero attached hydrogens (tertiary/aromatic N) is 4. The fraction of sp³-hybridized carbons (Fsp3) is 0.300. The maximum atomic E-state index is 12.4. The van der Waals surface area contributed by atoms with Crippen molar-refractivity contribution in [3.8, 4) is 5.75 Å². The van der Waals surface area contributed by atoms with Gasteiger partial charge in [0.1, 0.15) is 12.4 Å². The van der Waals surface area contributed by atoms with Crippen LogP contribution in [0.2, 0.25) is 0 Å². The Hall–Kier alpha value is -3.22. The molecule has 0 aliphatic heterocycles. The Morgan fingerprint density at radius 1 is 1.11 bits per heavy atom. The predicted molar refractivity (Wildman–Crippen MR) is 103 cm³/mol. The standard InChI is InChI=1S/C20H23N5O2/c1-13(2)25-19(22-23-24-25)12-27-18-9-6-16(7-10-18)20(26)21-17-8-5-14(3)15(4)11-17/h5-11,13H,12H2,1-4H3,(H,21,26). The van der Waals surface area contributed by atoms with Crippen molar-refractivity contribution in [2.75, 3.05) is 5.32 Å². The number of tetrazole rings is 1. The van der Waals surface area contributed by atoms with Crippen molar-refractivity contribution in [1.82, 2.24) is 20.2 Å². The number of aromatic nitrogens is 4. The number of rotatable bonds is 6. The molecule has 7 nitrogen and oxygen atoms in total. The molecular weight excluding hydrogens is 342 g/mol. The number of carbonyl (C=O) groups is 1. The molecule has 7 heteroatoms. The highest BCUT2D eigenvalue weighted by atomic mass is 16.5. The minimum atomic E-state index is -0.159. The lowest BCUT2D eigenvalue weighted by Crippen LogP contribution is -2.12. The molecule has 1 N–H and O–H groups in total. The molecule has 2 aromatic carbocycles. The van der Waals surface area contributed by atoms with Crippen molar-refractivity contribution in [2.45, 2.75) is 40.3 Å². The van der Waals surface area contributed by atoms with Crippen molar-refractivity contribution in [1.29, 1.82) is 0 Å². The fourth-order valence-corrected chi connectivity index (χ4v) is 2.58. The molecule has 3 aromatic rings. The van der Waals surface area contributed by atoms with Crippen LogP contribution < -0.4 is 10.1 Å². The Morgan fingerprint density at radius 2 is 1.85 bits per heavy atom. The fourth-order valence-electron chi connectivity index (χ4n) is 2.58. The molecule has 0 unspecified atom stereocenters. The lowest BCUT2D eigenvalue weighted by atomic mass is 10.1. The molecular formula is C20H23N5O2. The van der Waals surface area contributed by atoms with Gasteiger partial charge in [-0.3, -0.25) is 4.79 Å². The van der Waals surface area contributed by atoms with Crippen LogP contribution in [0.25, 0.3) is 0 Å². The Labute approximate surface area is 158 Å². The first-order valence-corrected chi connectivity index (χ1v) is 8.82. The zero-order chi connectivity index (χ0) is 19.4. The van der Waals surface area contributed by atoms with E-state index in [9.17, 15) is 4.79 Å². The van der Waals surface area contributed by atoms with Crippen LogP contribution in [0.5, 0.6) is 5.75 Å². The quantitative estimate of drug-likeness (QED) is 0.720. The van der Waals surface area contributed by atoms with Gasteiger partial charge >= 0.3 is 0 Å². The van der Waals surface area contributed by atoms with E-state index in [4.69, 9.17) is 4.74 Å². The Bertz CT molecular complexity index is 932. The topological polar surface area (TPSA) is 81.9 Å². The van der Waals surface area contributed by atoms with E-state index < -0.39 is 0 Å². The molecule has 0 saturated carbocycles. The highest BCUT2D eigenvalue weighted by Gasteiger charge is 2.11. The third kappa shape index (κ3) is 4.49. The van der Waals surface area contributed by atoms with E-state index in [1.807, 2.05) is 45.9 Å². The summed E-state index contributed by atoms with van der Waals surface area (Å²) in [5.41, 5.74) is 3.68. The summed E-state index contributed by atoms with van der Waals surface area (Å²) < 4.78 is 7.44. The SMILES string of the molecule is Cc1ccc(NC(=O)c2ccc(OCc3nnnn3C(C)C)cc2)cc1C. The number of aryl methyl sites for hydroxylation is 2. The van der Waals surface area contributed by atoms with Crippen LogP contribution in [0.3, 0.4) is 0 Å². The van der Waals surface area contributed by atoms with Gasteiger partial charge in [-0.25, -0.2) is 4.68 Å². The molecule has 140 valence electrons. The molecule has 27 heavy (non-hydrogen) atoms. The van der Waals surface area contributed by atoms with Crippen LogP contribution in [0.4, 0.5) is 5.69 Å². The number of amides is 1. The molecule has 1 aromatic heterocycles. The van der Waals surface area contributed by atoms with E-state index in [1.54, 1.807) is 28.9 Å². The third-order valence-electron chi connectivity index (χ3n) is 4.30. The molecule has 1 heterocycles.